The summed E-state index contributed by atoms with van der Waals surface area (Å²) in [5, 5.41) is 2.24. The molecule has 0 unspecified atom stereocenters. The van der Waals surface area contributed by atoms with Crippen molar-refractivity contribution in [1.82, 2.24) is 10.1 Å². The minimum absolute atomic E-state index is 0.0111. The SMILES string of the molecule is CN(C)OC(=O)CCCOC(C)(C)CCOC(C)(C)CCCC(=O)ON(C)C(=O)CCC=O. The molecule has 0 aliphatic carbocycles. The Morgan fingerprint density at radius 2 is 1.30 bits per heavy atom. The quantitative estimate of drug-likeness (QED) is 0.178. The van der Waals surface area contributed by atoms with Gasteiger partial charge in [0.2, 0.25) is 0 Å². The predicted molar refractivity (Wildman–Crippen MR) is 122 cm³/mol. The van der Waals surface area contributed by atoms with E-state index in [0.717, 1.165) is 5.06 Å². The van der Waals surface area contributed by atoms with Crippen molar-refractivity contribution >= 4 is 24.1 Å². The first-order valence-electron chi connectivity index (χ1n) is 11.3. The summed E-state index contributed by atoms with van der Waals surface area (Å²) in [5.41, 5.74) is -0.829. The van der Waals surface area contributed by atoms with Crippen molar-refractivity contribution in [2.75, 3.05) is 34.4 Å². The fourth-order valence-corrected chi connectivity index (χ4v) is 2.78. The molecule has 0 aromatic rings. The third-order valence-electron chi connectivity index (χ3n) is 4.73. The van der Waals surface area contributed by atoms with E-state index in [4.69, 9.17) is 19.1 Å². The summed E-state index contributed by atoms with van der Waals surface area (Å²) in [6.45, 7) is 8.80. The van der Waals surface area contributed by atoms with Crippen molar-refractivity contribution in [1.29, 1.82) is 0 Å². The number of ether oxygens (including phenoxy) is 2. The molecule has 0 saturated heterocycles. The van der Waals surface area contributed by atoms with Gasteiger partial charge in [0, 0.05) is 53.4 Å². The summed E-state index contributed by atoms with van der Waals surface area (Å²) in [6.07, 6.45) is 3.65. The highest BCUT2D eigenvalue weighted by atomic mass is 16.7. The van der Waals surface area contributed by atoms with E-state index in [9.17, 15) is 19.2 Å². The Kier molecular flexibility index (Phi) is 14.8. The number of carbonyl (C=O) groups excluding carboxylic acids is 4. The number of hydroxylamine groups is 4. The van der Waals surface area contributed by atoms with Crippen LogP contribution in [-0.2, 0) is 38.3 Å². The molecule has 0 fully saturated rings. The second kappa shape index (κ2) is 15.7. The van der Waals surface area contributed by atoms with Gasteiger partial charge in [-0.05, 0) is 53.4 Å². The molecule has 0 radical (unpaired) electrons. The molecule has 0 bridgehead atoms. The van der Waals surface area contributed by atoms with Crippen LogP contribution in [-0.4, -0.2) is 79.8 Å². The maximum atomic E-state index is 11.9. The molecule has 0 heterocycles. The normalized spacial score (nSPS) is 11.9. The molecule has 0 rings (SSSR count). The number of carbonyl (C=O) groups is 4. The number of rotatable bonds is 17. The van der Waals surface area contributed by atoms with E-state index in [1.54, 1.807) is 14.1 Å². The van der Waals surface area contributed by atoms with E-state index in [1.165, 1.54) is 12.1 Å². The second-order valence-electron chi connectivity index (χ2n) is 9.26. The molecule has 0 aromatic heterocycles. The molecule has 192 valence electrons. The molecule has 1 amide bonds. The topological polar surface area (TPSA) is 112 Å². The van der Waals surface area contributed by atoms with Crippen LogP contribution in [0.25, 0.3) is 0 Å². The van der Waals surface area contributed by atoms with E-state index in [1.807, 2.05) is 27.7 Å². The van der Waals surface area contributed by atoms with Crippen molar-refractivity contribution in [3.63, 3.8) is 0 Å². The van der Waals surface area contributed by atoms with Crippen LogP contribution in [0.1, 0.15) is 79.1 Å². The Labute approximate surface area is 197 Å². The molecular weight excluding hydrogens is 432 g/mol. The van der Waals surface area contributed by atoms with Gasteiger partial charge in [0.25, 0.3) is 5.91 Å². The summed E-state index contributed by atoms with van der Waals surface area (Å²) >= 11 is 0. The molecular formula is C23H42N2O8. The lowest BCUT2D eigenvalue weighted by Crippen LogP contribution is -2.32. The van der Waals surface area contributed by atoms with Gasteiger partial charge in [-0.1, -0.05) is 0 Å². The van der Waals surface area contributed by atoms with Gasteiger partial charge in [0.15, 0.2) is 0 Å². The average molecular weight is 475 g/mol. The van der Waals surface area contributed by atoms with Gasteiger partial charge in [0.1, 0.15) is 6.29 Å². The molecule has 33 heavy (non-hydrogen) atoms. The Hall–Kier alpha value is -2.04. The molecule has 0 saturated carbocycles. The lowest BCUT2D eigenvalue weighted by molar-refractivity contribution is -0.193. The highest BCUT2D eigenvalue weighted by molar-refractivity contribution is 5.79. The molecule has 0 spiro atoms. The molecule has 0 aliphatic rings. The summed E-state index contributed by atoms with van der Waals surface area (Å²) in [4.78, 5) is 55.3. The maximum Gasteiger partial charge on any atom is 0.332 e. The van der Waals surface area contributed by atoms with E-state index < -0.39 is 23.1 Å². The minimum Gasteiger partial charge on any atom is -0.375 e. The maximum absolute atomic E-state index is 11.9. The first-order chi connectivity index (χ1) is 15.3. The van der Waals surface area contributed by atoms with Crippen LogP contribution >= 0.6 is 0 Å². The van der Waals surface area contributed by atoms with Crippen LogP contribution in [0.5, 0.6) is 0 Å². The molecule has 10 nitrogen and oxygen atoms in total. The fourth-order valence-electron chi connectivity index (χ4n) is 2.78. The van der Waals surface area contributed by atoms with Gasteiger partial charge in [-0.25, -0.2) is 4.79 Å². The number of hydrogen-bond donors (Lipinski definition) is 0. The highest BCUT2D eigenvalue weighted by Crippen LogP contribution is 2.22. The van der Waals surface area contributed by atoms with Crippen LogP contribution in [0.2, 0.25) is 0 Å². The van der Waals surface area contributed by atoms with E-state index in [-0.39, 0.29) is 25.2 Å². The zero-order valence-electron chi connectivity index (χ0n) is 21.3. The zero-order valence-corrected chi connectivity index (χ0v) is 21.3. The van der Waals surface area contributed by atoms with Gasteiger partial charge < -0.3 is 23.9 Å². The summed E-state index contributed by atoms with van der Waals surface area (Å²) in [5.74, 6) is -1.21. The van der Waals surface area contributed by atoms with Crippen molar-refractivity contribution in [3.05, 3.63) is 0 Å². The Bertz CT molecular complexity index is 620. The largest absolute Gasteiger partial charge is 0.375 e. The minimum atomic E-state index is -0.503. The van der Waals surface area contributed by atoms with Crippen LogP contribution < -0.4 is 0 Å². The lowest BCUT2D eigenvalue weighted by atomic mass is 10.0. The third-order valence-corrected chi connectivity index (χ3v) is 4.73. The molecule has 0 aromatic carbocycles. The summed E-state index contributed by atoms with van der Waals surface area (Å²) < 4.78 is 11.9. The van der Waals surface area contributed by atoms with Crippen molar-refractivity contribution in [3.8, 4) is 0 Å². The smallest absolute Gasteiger partial charge is 0.332 e. The number of aldehydes is 1. The van der Waals surface area contributed by atoms with Crippen molar-refractivity contribution < 1.29 is 38.3 Å². The van der Waals surface area contributed by atoms with Gasteiger partial charge in [-0.15, -0.1) is 5.06 Å². The summed E-state index contributed by atoms with van der Waals surface area (Å²) in [7, 11) is 4.67. The lowest BCUT2D eigenvalue weighted by Gasteiger charge is -2.30. The van der Waals surface area contributed by atoms with Gasteiger partial charge in [-0.3, -0.25) is 9.59 Å². The molecule has 0 aliphatic heterocycles. The van der Waals surface area contributed by atoms with Crippen LogP contribution in [0.15, 0.2) is 0 Å². The molecule has 0 N–H and O–H groups in total. The van der Waals surface area contributed by atoms with Crippen LogP contribution in [0.3, 0.4) is 0 Å². The van der Waals surface area contributed by atoms with E-state index >= 15 is 0 Å². The van der Waals surface area contributed by atoms with E-state index in [0.29, 0.717) is 51.6 Å². The van der Waals surface area contributed by atoms with Gasteiger partial charge >= 0.3 is 11.9 Å². The number of nitrogens with zero attached hydrogens (tertiary/aromatic N) is 2. The standard InChI is InChI=1S/C23H42N2O8/c1-22(2,14-8-12-21(29)33-25(7)19(27)11-9-16-26)31-18-15-23(3,4)30-17-10-13-20(28)32-24(5)6/h16H,8-15,17-18H2,1-7H3. The monoisotopic (exact) mass is 474 g/mol. The van der Waals surface area contributed by atoms with Gasteiger partial charge in [-0.2, -0.15) is 5.06 Å². The van der Waals surface area contributed by atoms with Crippen LogP contribution in [0, 0.1) is 0 Å². The molecule has 0 atom stereocenters. The Balaban J connectivity index is 4.09. The third kappa shape index (κ3) is 17.1. The van der Waals surface area contributed by atoms with Crippen molar-refractivity contribution in [2.45, 2.75) is 90.3 Å². The van der Waals surface area contributed by atoms with Crippen LogP contribution in [0.4, 0.5) is 0 Å². The highest BCUT2D eigenvalue weighted by Gasteiger charge is 2.23. The Morgan fingerprint density at radius 1 is 0.758 bits per heavy atom. The predicted octanol–water partition coefficient (Wildman–Crippen LogP) is 2.83. The number of hydrogen-bond acceptors (Lipinski definition) is 9. The first-order valence-corrected chi connectivity index (χ1v) is 11.3. The first kappa shape index (κ1) is 31.0. The number of amides is 1. The second-order valence-corrected chi connectivity index (χ2v) is 9.26. The van der Waals surface area contributed by atoms with Crippen molar-refractivity contribution in [2.24, 2.45) is 0 Å². The molecule has 10 heteroatoms. The zero-order chi connectivity index (χ0) is 25.5. The average Bonchev–Trinajstić information content (AvgIpc) is 2.68. The fraction of sp³-hybridized carbons (Fsp3) is 0.826. The summed E-state index contributed by atoms with van der Waals surface area (Å²) in [6, 6.07) is 0. The Morgan fingerprint density at radius 3 is 1.91 bits per heavy atom. The van der Waals surface area contributed by atoms with E-state index in [2.05, 4.69) is 0 Å². The van der Waals surface area contributed by atoms with Gasteiger partial charge in [0.05, 0.1) is 17.8 Å².